The normalized spacial score (nSPS) is 11.8. The number of aromatic nitrogens is 1. The highest BCUT2D eigenvalue weighted by atomic mass is 16.5. The van der Waals surface area contributed by atoms with Gasteiger partial charge >= 0.3 is 0 Å². The molecule has 4 nitrogen and oxygen atoms in total. The molecule has 1 amide bonds. The molecule has 2 N–H and O–H groups in total. The summed E-state index contributed by atoms with van der Waals surface area (Å²) in [5, 5.41) is 4.17. The van der Waals surface area contributed by atoms with Crippen molar-refractivity contribution in [2.75, 3.05) is 13.7 Å². The molecule has 2 aromatic rings. The summed E-state index contributed by atoms with van der Waals surface area (Å²) in [5.41, 5.74) is 2.11. The molecule has 0 saturated heterocycles. The Kier molecular flexibility index (Phi) is 5.02. The molecular weight excluding hydrogens is 264 g/mol. The third kappa shape index (κ3) is 4.33. The molecule has 0 fully saturated rings. The van der Waals surface area contributed by atoms with E-state index in [1.165, 1.54) is 10.9 Å². The lowest BCUT2D eigenvalue weighted by Gasteiger charge is -2.23. The van der Waals surface area contributed by atoms with E-state index >= 15 is 0 Å². The lowest BCUT2D eigenvalue weighted by Crippen LogP contribution is -2.39. The molecule has 1 aromatic heterocycles. The number of amides is 1. The van der Waals surface area contributed by atoms with Gasteiger partial charge in [-0.05, 0) is 38.3 Å². The summed E-state index contributed by atoms with van der Waals surface area (Å²) < 4.78 is 5.28. The average Bonchev–Trinajstić information content (AvgIpc) is 2.89. The molecule has 4 heteroatoms. The standard InChI is InChI=1S/C17H24N2O2/c1-17(2,21-3)12-19-16(20)10-6-7-13-11-18-15-9-5-4-8-14(13)15/h4-5,8-9,11,18H,6-7,10,12H2,1-3H3,(H,19,20). The van der Waals surface area contributed by atoms with E-state index in [1.807, 2.05) is 32.2 Å². The second-order valence-electron chi connectivity index (χ2n) is 5.95. The number of ether oxygens (including phenoxy) is 1. The van der Waals surface area contributed by atoms with Gasteiger partial charge in [0.25, 0.3) is 0 Å². The molecule has 2 rings (SSSR count). The fourth-order valence-electron chi connectivity index (χ4n) is 2.25. The summed E-state index contributed by atoms with van der Waals surface area (Å²) in [4.78, 5) is 15.1. The monoisotopic (exact) mass is 288 g/mol. The Morgan fingerprint density at radius 1 is 1.33 bits per heavy atom. The number of nitrogens with one attached hydrogen (secondary N) is 2. The smallest absolute Gasteiger partial charge is 0.220 e. The van der Waals surface area contributed by atoms with Crippen molar-refractivity contribution in [1.29, 1.82) is 0 Å². The highest BCUT2D eigenvalue weighted by Crippen LogP contribution is 2.19. The van der Waals surface area contributed by atoms with Crippen LogP contribution in [0.5, 0.6) is 0 Å². The Labute approximate surface area is 125 Å². The first-order valence-electron chi connectivity index (χ1n) is 7.39. The van der Waals surface area contributed by atoms with Gasteiger partial charge in [0.05, 0.1) is 5.60 Å². The predicted octanol–water partition coefficient (Wildman–Crippen LogP) is 3.03. The minimum Gasteiger partial charge on any atom is -0.377 e. The van der Waals surface area contributed by atoms with E-state index in [9.17, 15) is 4.79 Å². The number of aryl methyl sites for hydroxylation is 1. The highest BCUT2D eigenvalue weighted by Gasteiger charge is 2.17. The Morgan fingerprint density at radius 2 is 2.10 bits per heavy atom. The number of rotatable bonds is 7. The molecule has 1 aromatic carbocycles. The van der Waals surface area contributed by atoms with Gasteiger partial charge in [-0.2, -0.15) is 0 Å². The van der Waals surface area contributed by atoms with Gasteiger partial charge < -0.3 is 15.0 Å². The van der Waals surface area contributed by atoms with Crippen molar-refractivity contribution < 1.29 is 9.53 Å². The maximum Gasteiger partial charge on any atom is 0.220 e. The summed E-state index contributed by atoms with van der Waals surface area (Å²) in [5.74, 6) is 0.0833. The number of methoxy groups -OCH3 is 1. The Hall–Kier alpha value is -1.81. The molecule has 114 valence electrons. The van der Waals surface area contributed by atoms with Gasteiger partial charge in [0, 0.05) is 37.2 Å². The minimum absolute atomic E-state index is 0.0833. The van der Waals surface area contributed by atoms with Gasteiger partial charge in [0.2, 0.25) is 5.91 Å². The molecule has 0 aliphatic rings. The van der Waals surface area contributed by atoms with Crippen molar-refractivity contribution in [3.8, 4) is 0 Å². The van der Waals surface area contributed by atoms with E-state index in [2.05, 4.69) is 22.4 Å². The number of fused-ring (bicyclic) bond motifs is 1. The van der Waals surface area contributed by atoms with E-state index in [0.29, 0.717) is 13.0 Å². The summed E-state index contributed by atoms with van der Waals surface area (Å²) in [6.07, 6.45) is 4.34. The Morgan fingerprint density at radius 3 is 2.86 bits per heavy atom. The van der Waals surface area contributed by atoms with Crippen LogP contribution < -0.4 is 5.32 Å². The quantitative estimate of drug-likeness (QED) is 0.823. The van der Waals surface area contributed by atoms with Gasteiger partial charge in [0.1, 0.15) is 0 Å². The second kappa shape index (κ2) is 6.76. The average molecular weight is 288 g/mol. The Bertz CT molecular complexity index is 602. The van der Waals surface area contributed by atoms with Crippen molar-refractivity contribution in [1.82, 2.24) is 10.3 Å². The number of carbonyl (C=O) groups is 1. The molecule has 0 aliphatic carbocycles. The van der Waals surface area contributed by atoms with Crippen LogP contribution in [0.3, 0.4) is 0 Å². The van der Waals surface area contributed by atoms with Crippen LogP contribution >= 0.6 is 0 Å². The van der Waals surface area contributed by atoms with E-state index in [-0.39, 0.29) is 11.5 Å². The summed E-state index contributed by atoms with van der Waals surface area (Å²) in [6, 6.07) is 8.24. The van der Waals surface area contributed by atoms with Crippen LogP contribution in [0.15, 0.2) is 30.5 Å². The van der Waals surface area contributed by atoms with Gasteiger partial charge in [-0.25, -0.2) is 0 Å². The van der Waals surface area contributed by atoms with Gasteiger partial charge in [-0.1, -0.05) is 18.2 Å². The van der Waals surface area contributed by atoms with Crippen LogP contribution in [0.25, 0.3) is 10.9 Å². The van der Waals surface area contributed by atoms with E-state index in [0.717, 1.165) is 18.4 Å². The third-order valence-corrected chi connectivity index (χ3v) is 3.79. The van der Waals surface area contributed by atoms with Crippen molar-refractivity contribution >= 4 is 16.8 Å². The highest BCUT2D eigenvalue weighted by molar-refractivity contribution is 5.83. The van der Waals surface area contributed by atoms with Gasteiger partial charge in [-0.15, -0.1) is 0 Å². The maximum atomic E-state index is 11.8. The van der Waals surface area contributed by atoms with Crippen LogP contribution in [0.4, 0.5) is 0 Å². The lowest BCUT2D eigenvalue weighted by molar-refractivity contribution is -0.122. The molecule has 0 bridgehead atoms. The zero-order valence-electron chi connectivity index (χ0n) is 13.0. The number of para-hydroxylation sites is 1. The summed E-state index contributed by atoms with van der Waals surface area (Å²) >= 11 is 0. The van der Waals surface area contributed by atoms with E-state index in [4.69, 9.17) is 4.74 Å². The van der Waals surface area contributed by atoms with Crippen LogP contribution in [0.2, 0.25) is 0 Å². The molecule has 1 heterocycles. The zero-order chi connectivity index (χ0) is 15.3. The first kappa shape index (κ1) is 15.6. The van der Waals surface area contributed by atoms with Crippen LogP contribution in [-0.4, -0.2) is 30.1 Å². The van der Waals surface area contributed by atoms with Crippen LogP contribution in [0.1, 0.15) is 32.3 Å². The minimum atomic E-state index is -0.313. The van der Waals surface area contributed by atoms with Crippen molar-refractivity contribution in [3.63, 3.8) is 0 Å². The molecule has 0 saturated carbocycles. The first-order valence-corrected chi connectivity index (χ1v) is 7.39. The number of benzene rings is 1. The molecule has 0 atom stereocenters. The fourth-order valence-corrected chi connectivity index (χ4v) is 2.25. The number of hydrogen-bond donors (Lipinski definition) is 2. The molecule has 0 unspecified atom stereocenters. The lowest BCUT2D eigenvalue weighted by atomic mass is 10.1. The summed E-state index contributed by atoms with van der Waals surface area (Å²) in [7, 11) is 1.66. The SMILES string of the molecule is COC(C)(C)CNC(=O)CCCc1c[nH]c2ccccc12. The van der Waals surface area contributed by atoms with Crippen molar-refractivity contribution in [2.24, 2.45) is 0 Å². The molecular formula is C17H24N2O2. The first-order chi connectivity index (χ1) is 10.0. The van der Waals surface area contributed by atoms with Crippen LogP contribution in [-0.2, 0) is 16.0 Å². The molecule has 21 heavy (non-hydrogen) atoms. The number of H-pyrrole nitrogens is 1. The molecule has 0 aliphatic heterocycles. The zero-order valence-corrected chi connectivity index (χ0v) is 13.0. The number of hydrogen-bond acceptors (Lipinski definition) is 2. The van der Waals surface area contributed by atoms with Gasteiger partial charge in [-0.3, -0.25) is 4.79 Å². The van der Waals surface area contributed by atoms with Crippen molar-refractivity contribution in [2.45, 2.75) is 38.7 Å². The summed E-state index contributed by atoms with van der Waals surface area (Å²) in [6.45, 7) is 4.45. The molecule has 0 spiro atoms. The Balaban J connectivity index is 1.78. The number of aromatic amines is 1. The van der Waals surface area contributed by atoms with Crippen molar-refractivity contribution in [3.05, 3.63) is 36.0 Å². The van der Waals surface area contributed by atoms with Crippen LogP contribution in [0, 0.1) is 0 Å². The fraction of sp³-hybridized carbons (Fsp3) is 0.471. The largest absolute Gasteiger partial charge is 0.377 e. The third-order valence-electron chi connectivity index (χ3n) is 3.79. The second-order valence-corrected chi connectivity index (χ2v) is 5.95. The van der Waals surface area contributed by atoms with Gasteiger partial charge in [0.15, 0.2) is 0 Å². The van der Waals surface area contributed by atoms with E-state index < -0.39 is 0 Å². The van der Waals surface area contributed by atoms with E-state index in [1.54, 1.807) is 7.11 Å². The molecule has 0 radical (unpaired) electrons. The maximum absolute atomic E-state index is 11.8. The topological polar surface area (TPSA) is 54.1 Å². The predicted molar refractivity (Wildman–Crippen MR) is 85.3 cm³/mol. The number of carbonyl (C=O) groups excluding carboxylic acids is 1.